The molecule has 144 valence electrons. The first-order valence-electron chi connectivity index (χ1n) is 8.07. The van der Waals surface area contributed by atoms with E-state index in [0.717, 1.165) is 19.3 Å². The van der Waals surface area contributed by atoms with Crippen LogP contribution in [0.25, 0.3) is 0 Å². The van der Waals surface area contributed by atoms with E-state index in [-0.39, 0.29) is 37.3 Å². The van der Waals surface area contributed by atoms with Gasteiger partial charge in [-0.05, 0) is 40.0 Å². The highest BCUT2D eigenvalue weighted by Crippen LogP contribution is 2.20. The van der Waals surface area contributed by atoms with Gasteiger partial charge in [0.25, 0.3) is 0 Å². The molecule has 1 heterocycles. The molecule has 24 heavy (non-hydrogen) atoms. The molecule has 0 radical (unpaired) electrons. The van der Waals surface area contributed by atoms with Gasteiger partial charge < -0.3 is 29.3 Å². The number of methoxy groups -OCH3 is 2. The monoisotopic (exact) mass is 369 g/mol. The number of hydrogen-bond acceptors (Lipinski definition) is 6. The normalized spacial score (nSPS) is 29.5. The molecular formula is C16H32ClNO6. The van der Waals surface area contributed by atoms with Crippen molar-refractivity contribution in [3.63, 3.8) is 0 Å². The Morgan fingerprint density at radius 2 is 1.58 bits per heavy atom. The van der Waals surface area contributed by atoms with Gasteiger partial charge in [-0.3, -0.25) is 0 Å². The molecule has 0 unspecified atom stereocenters. The molecule has 0 aromatic rings. The van der Waals surface area contributed by atoms with Crippen LogP contribution in [0.1, 0.15) is 40.0 Å². The third kappa shape index (κ3) is 7.53. The summed E-state index contributed by atoms with van der Waals surface area (Å²) in [7, 11) is 3.17. The topological polar surface area (TPSA) is 88.5 Å². The van der Waals surface area contributed by atoms with Crippen LogP contribution in [-0.4, -0.2) is 78.5 Å². The number of likely N-dealkylation sites (tertiary alicyclic amines) is 1. The van der Waals surface area contributed by atoms with Crippen molar-refractivity contribution in [2.24, 2.45) is 0 Å². The molecule has 0 aromatic carbocycles. The first-order chi connectivity index (χ1) is 10.7. The van der Waals surface area contributed by atoms with Crippen LogP contribution in [0.15, 0.2) is 0 Å². The predicted molar refractivity (Wildman–Crippen MR) is 92.5 cm³/mol. The lowest BCUT2D eigenvalue weighted by molar-refractivity contribution is 0.00983. The molecule has 2 rings (SSSR count). The molecule has 2 fully saturated rings. The number of halogens is 1. The Kier molecular flexibility index (Phi) is 10.1. The van der Waals surface area contributed by atoms with Crippen molar-refractivity contribution in [2.45, 2.75) is 70.1 Å². The number of aliphatic hydroxyl groups excluding tert-OH is 2. The van der Waals surface area contributed by atoms with Gasteiger partial charge in [-0.15, -0.1) is 12.4 Å². The van der Waals surface area contributed by atoms with Crippen molar-refractivity contribution < 1.29 is 29.2 Å². The van der Waals surface area contributed by atoms with E-state index in [9.17, 15) is 9.90 Å². The van der Waals surface area contributed by atoms with Gasteiger partial charge in [0.2, 0.25) is 0 Å². The van der Waals surface area contributed by atoms with E-state index in [1.54, 1.807) is 7.11 Å². The second-order valence-corrected chi connectivity index (χ2v) is 7.00. The zero-order valence-electron chi connectivity index (χ0n) is 15.2. The van der Waals surface area contributed by atoms with Gasteiger partial charge >= 0.3 is 6.09 Å². The van der Waals surface area contributed by atoms with Crippen LogP contribution in [0.2, 0.25) is 0 Å². The highest BCUT2D eigenvalue weighted by atomic mass is 35.5. The number of ether oxygens (including phenoxy) is 3. The number of carbonyl (C=O) groups excluding carboxylic acids is 1. The zero-order valence-corrected chi connectivity index (χ0v) is 16.0. The molecule has 1 amide bonds. The van der Waals surface area contributed by atoms with Crippen LogP contribution in [0, 0.1) is 0 Å². The Bertz CT molecular complexity index is 376. The van der Waals surface area contributed by atoms with Gasteiger partial charge in [0.15, 0.2) is 0 Å². The summed E-state index contributed by atoms with van der Waals surface area (Å²) in [4.78, 5) is 13.1. The smallest absolute Gasteiger partial charge is 0.410 e. The Morgan fingerprint density at radius 1 is 1.00 bits per heavy atom. The molecule has 1 aliphatic heterocycles. The zero-order chi connectivity index (χ0) is 17.6. The fourth-order valence-corrected chi connectivity index (χ4v) is 2.65. The molecule has 1 aliphatic carbocycles. The molecule has 0 bridgehead atoms. The maximum atomic E-state index is 11.6. The summed E-state index contributed by atoms with van der Waals surface area (Å²) in [6.45, 7) is 6.08. The summed E-state index contributed by atoms with van der Waals surface area (Å²) in [6, 6.07) is 0. The number of nitrogens with zero attached hydrogens (tertiary/aromatic N) is 1. The Hall–Kier alpha value is -0.600. The molecule has 2 aliphatic rings. The molecule has 7 nitrogen and oxygen atoms in total. The lowest BCUT2D eigenvalue weighted by Crippen LogP contribution is -2.36. The van der Waals surface area contributed by atoms with Gasteiger partial charge in [-0.25, -0.2) is 4.79 Å². The lowest BCUT2D eigenvalue weighted by Gasteiger charge is -2.24. The van der Waals surface area contributed by atoms with E-state index >= 15 is 0 Å². The summed E-state index contributed by atoms with van der Waals surface area (Å²) in [5.74, 6) is 0. The molecule has 0 spiro atoms. The molecule has 8 heteroatoms. The van der Waals surface area contributed by atoms with Crippen LogP contribution < -0.4 is 0 Å². The average Bonchev–Trinajstić information content (AvgIpc) is 3.03. The second-order valence-electron chi connectivity index (χ2n) is 7.00. The Morgan fingerprint density at radius 3 is 1.92 bits per heavy atom. The third-order valence-electron chi connectivity index (χ3n) is 3.91. The van der Waals surface area contributed by atoms with Gasteiger partial charge in [0.1, 0.15) is 11.7 Å². The highest BCUT2D eigenvalue weighted by Gasteiger charge is 2.36. The van der Waals surface area contributed by atoms with E-state index in [2.05, 4.69) is 0 Å². The average molecular weight is 370 g/mol. The second kappa shape index (κ2) is 10.4. The largest absolute Gasteiger partial charge is 0.444 e. The minimum atomic E-state index is -0.623. The van der Waals surface area contributed by atoms with Crippen LogP contribution in [0.3, 0.4) is 0 Å². The minimum Gasteiger partial charge on any atom is -0.444 e. The lowest BCUT2D eigenvalue weighted by atomic mass is 10.2. The summed E-state index contributed by atoms with van der Waals surface area (Å²) < 4.78 is 15.2. The van der Waals surface area contributed by atoms with Crippen molar-refractivity contribution in [1.29, 1.82) is 0 Å². The molecule has 4 atom stereocenters. The summed E-state index contributed by atoms with van der Waals surface area (Å²) >= 11 is 0. The molecule has 1 saturated heterocycles. The fraction of sp³-hybridized carbons (Fsp3) is 0.938. The molecule has 0 aromatic heterocycles. The van der Waals surface area contributed by atoms with E-state index in [0.29, 0.717) is 6.54 Å². The summed E-state index contributed by atoms with van der Waals surface area (Å²) in [6.07, 6.45) is 1.65. The fourth-order valence-electron chi connectivity index (χ4n) is 2.65. The molecule has 2 N–H and O–H groups in total. The molecule has 1 saturated carbocycles. The van der Waals surface area contributed by atoms with Crippen molar-refractivity contribution >= 4 is 18.5 Å². The van der Waals surface area contributed by atoms with Crippen LogP contribution in [0.5, 0.6) is 0 Å². The van der Waals surface area contributed by atoms with Gasteiger partial charge in [0.05, 0.1) is 31.4 Å². The Labute approximate surface area is 150 Å². The quantitative estimate of drug-likeness (QED) is 0.768. The number of carbonyl (C=O) groups is 1. The van der Waals surface area contributed by atoms with Crippen molar-refractivity contribution in [3.8, 4) is 0 Å². The first-order valence-corrected chi connectivity index (χ1v) is 8.07. The van der Waals surface area contributed by atoms with Gasteiger partial charge in [0, 0.05) is 14.2 Å². The number of β-amino-alcohol motifs (C(OH)–C–C–N with tert-alkyl or cyclic N) is 1. The number of amides is 1. The third-order valence-corrected chi connectivity index (χ3v) is 3.91. The standard InChI is InChI=1S/C10H19NO4.C6H12O2.ClH/c1-10(2,3)15-9(13)11-5-7(12)8(6-11)14-4;1-8-6-4-2-3-5(6)7;/h7-8,12H,5-6H2,1-4H3;5-7H,2-4H2,1H3;1H/t7-,8-;5-,6-;/m11./s1. The maximum absolute atomic E-state index is 11.6. The van der Waals surface area contributed by atoms with E-state index in [1.165, 1.54) is 12.0 Å². The van der Waals surface area contributed by atoms with Crippen molar-refractivity contribution in [3.05, 3.63) is 0 Å². The van der Waals surface area contributed by atoms with Gasteiger partial charge in [-0.2, -0.15) is 0 Å². The van der Waals surface area contributed by atoms with Gasteiger partial charge in [-0.1, -0.05) is 0 Å². The predicted octanol–water partition coefficient (Wildman–Crippen LogP) is 1.58. The number of rotatable bonds is 2. The number of aliphatic hydroxyl groups is 2. The van der Waals surface area contributed by atoms with Crippen LogP contribution in [-0.2, 0) is 14.2 Å². The number of hydrogen-bond donors (Lipinski definition) is 2. The van der Waals surface area contributed by atoms with E-state index in [4.69, 9.17) is 19.3 Å². The maximum Gasteiger partial charge on any atom is 0.410 e. The SMILES string of the molecule is CO[C@@H]1CCC[C@H]1O.CO[C@@H]1CN(C(=O)OC(C)(C)C)C[C@H]1O.Cl. The summed E-state index contributed by atoms with van der Waals surface area (Å²) in [5.41, 5.74) is -0.507. The highest BCUT2D eigenvalue weighted by molar-refractivity contribution is 5.85. The first kappa shape index (κ1) is 23.4. The van der Waals surface area contributed by atoms with Crippen molar-refractivity contribution in [1.82, 2.24) is 4.90 Å². The Balaban J connectivity index is 0.000000498. The van der Waals surface area contributed by atoms with Crippen LogP contribution in [0.4, 0.5) is 4.79 Å². The van der Waals surface area contributed by atoms with Crippen LogP contribution >= 0.6 is 12.4 Å². The minimum absolute atomic E-state index is 0. The van der Waals surface area contributed by atoms with Crippen molar-refractivity contribution in [2.75, 3.05) is 27.3 Å². The van der Waals surface area contributed by atoms with E-state index in [1.807, 2.05) is 20.8 Å². The summed E-state index contributed by atoms with van der Waals surface area (Å²) in [5, 5.41) is 18.6. The molecular weight excluding hydrogens is 338 g/mol. The van der Waals surface area contributed by atoms with E-state index < -0.39 is 17.8 Å².